The van der Waals surface area contributed by atoms with Gasteiger partial charge in [-0.05, 0) is 41.9 Å². The molecule has 0 aliphatic carbocycles. The van der Waals surface area contributed by atoms with E-state index in [0.29, 0.717) is 10.2 Å². The lowest BCUT2D eigenvalue weighted by Crippen LogP contribution is -2.30. The number of amides is 1. The van der Waals surface area contributed by atoms with Crippen molar-refractivity contribution in [3.05, 3.63) is 28.5 Å². The Bertz CT molecular complexity index is 312. The number of carbonyl (C=O) groups is 1. The van der Waals surface area contributed by atoms with Crippen LogP contribution in [0.3, 0.4) is 0 Å². The SMILES string of the molecule is CC(C)NC(=O)c1cccnc1Br. The van der Waals surface area contributed by atoms with E-state index in [1.807, 2.05) is 13.8 Å². The summed E-state index contributed by atoms with van der Waals surface area (Å²) in [6.45, 7) is 3.84. The molecule has 3 nitrogen and oxygen atoms in total. The van der Waals surface area contributed by atoms with Gasteiger partial charge in [-0.2, -0.15) is 0 Å². The number of nitrogens with one attached hydrogen (secondary N) is 1. The quantitative estimate of drug-likeness (QED) is 0.807. The predicted molar refractivity (Wildman–Crippen MR) is 54.5 cm³/mol. The number of hydrogen-bond acceptors (Lipinski definition) is 2. The number of carbonyl (C=O) groups excluding carboxylic acids is 1. The third kappa shape index (κ3) is 2.81. The second-order valence-corrected chi connectivity index (χ2v) is 3.72. The van der Waals surface area contributed by atoms with Gasteiger partial charge >= 0.3 is 0 Å². The first-order valence-corrected chi connectivity index (χ1v) is 4.82. The Morgan fingerprint density at radius 3 is 2.85 bits per heavy atom. The van der Waals surface area contributed by atoms with Gasteiger partial charge in [0.2, 0.25) is 0 Å². The highest BCUT2D eigenvalue weighted by molar-refractivity contribution is 9.10. The summed E-state index contributed by atoms with van der Waals surface area (Å²) in [6, 6.07) is 3.61. The lowest BCUT2D eigenvalue weighted by Gasteiger charge is -2.08. The van der Waals surface area contributed by atoms with Gasteiger partial charge in [-0.25, -0.2) is 4.98 Å². The maximum absolute atomic E-state index is 11.5. The topological polar surface area (TPSA) is 42.0 Å². The van der Waals surface area contributed by atoms with E-state index in [2.05, 4.69) is 26.2 Å². The second kappa shape index (κ2) is 4.37. The van der Waals surface area contributed by atoms with Gasteiger partial charge in [-0.15, -0.1) is 0 Å². The number of aromatic nitrogens is 1. The molecule has 0 fully saturated rings. The van der Waals surface area contributed by atoms with E-state index in [1.54, 1.807) is 18.3 Å². The standard InChI is InChI=1S/C9H11BrN2O/c1-6(2)12-9(13)7-4-3-5-11-8(7)10/h3-6H,1-2H3,(H,12,13). The minimum absolute atomic E-state index is 0.102. The van der Waals surface area contributed by atoms with Crippen LogP contribution in [0.25, 0.3) is 0 Å². The highest BCUT2D eigenvalue weighted by Crippen LogP contribution is 2.12. The summed E-state index contributed by atoms with van der Waals surface area (Å²) in [4.78, 5) is 15.5. The molecular formula is C9H11BrN2O. The molecule has 0 aliphatic rings. The average molecular weight is 243 g/mol. The van der Waals surface area contributed by atoms with Crippen molar-refractivity contribution in [2.24, 2.45) is 0 Å². The zero-order chi connectivity index (χ0) is 9.84. The highest BCUT2D eigenvalue weighted by atomic mass is 79.9. The van der Waals surface area contributed by atoms with Crippen LogP contribution in [-0.4, -0.2) is 16.9 Å². The van der Waals surface area contributed by atoms with E-state index in [0.717, 1.165) is 0 Å². The molecule has 70 valence electrons. The van der Waals surface area contributed by atoms with Gasteiger partial charge in [0, 0.05) is 12.2 Å². The van der Waals surface area contributed by atoms with Crippen LogP contribution in [0.5, 0.6) is 0 Å². The summed E-state index contributed by atoms with van der Waals surface area (Å²) in [5.41, 5.74) is 0.566. The highest BCUT2D eigenvalue weighted by Gasteiger charge is 2.10. The summed E-state index contributed by atoms with van der Waals surface area (Å²) < 4.78 is 0.577. The first kappa shape index (κ1) is 10.2. The van der Waals surface area contributed by atoms with Crippen LogP contribution >= 0.6 is 15.9 Å². The fourth-order valence-electron chi connectivity index (χ4n) is 0.895. The van der Waals surface area contributed by atoms with Crippen molar-refractivity contribution in [2.75, 3.05) is 0 Å². The molecule has 1 N–H and O–H groups in total. The van der Waals surface area contributed by atoms with Crippen molar-refractivity contribution in [3.8, 4) is 0 Å². The zero-order valence-electron chi connectivity index (χ0n) is 7.54. The summed E-state index contributed by atoms with van der Waals surface area (Å²) in [5.74, 6) is -0.102. The van der Waals surface area contributed by atoms with E-state index in [9.17, 15) is 4.79 Å². The predicted octanol–water partition coefficient (Wildman–Crippen LogP) is 1.98. The van der Waals surface area contributed by atoms with Crippen LogP contribution in [-0.2, 0) is 0 Å². The third-order valence-electron chi connectivity index (χ3n) is 1.42. The Hall–Kier alpha value is -0.900. The molecule has 0 atom stereocenters. The molecular weight excluding hydrogens is 232 g/mol. The molecule has 4 heteroatoms. The lowest BCUT2D eigenvalue weighted by atomic mass is 10.2. The lowest BCUT2D eigenvalue weighted by molar-refractivity contribution is 0.0942. The van der Waals surface area contributed by atoms with Gasteiger partial charge in [0.1, 0.15) is 4.60 Å². The van der Waals surface area contributed by atoms with Crippen LogP contribution in [0.4, 0.5) is 0 Å². The first-order chi connectivity index (χ1) is 6.11. The number of halogens is 1. The summed E-state index contributed by atoms with van der Waals surface area (Å²) in [6.07, 6.45) is 1.64. The van der Waals surface area contributed by atoms with Crippen LogP contribution in [0, 0.1) is 0 Å². The van der Waals surface area contributed by atoms with Gasteiger partial charge < -0.3 is 5.32 Å². The van der Waals surface area contributed by atoms with Gasteiger partial charge in [-0.3, -0.25) is 4.79 Å². The van der Waals surface area contributed by atoms with Crippen molar-refractivity contribution in [1.82, 2.24) is 10.3 Å². The minimum atomic E-state index is -0.102. The van der Waals surface area contributed by atoms with Gasteiger partial charge in [0.15, 0.2) is 0 Å². The third-order valence-corrected chi connectivity index (χ3v) is 2.06. The van der Waals surface area contributed by atoms with E-state index < -0.39 is 0 Å². The molecule has 1 rings (SSSR count). The van der Waals surface area contributed by atoms with Crippen molar-refractivity contribution >= 4 is 21.8 Å². The molecule has 0 unspecified atom stereocenters. The molecule has 0 saturated carbocycles. The van der Waals surface area contributed by atoms with E-state index >= 15 is 0 Å². The van der Waals surface area contributed by atoms with Gasteiger partial charge in [-0.1, -0.05) is 0 Å². The van der Waals surface area contributed by atoms with Crippen molar-refractivity contribution in [3.63, 3.8) is 0 Å². The number of pyridine rings is 1. The molecule has 0 aromatic carbocycles. The van der Waals surface area contributed by atoms with E-state index in [4.69, 9.17) is 0 Å². The molecule has 13 heavy (non-hydrogen) atoms. The van der Waals surface area contributed by atoms with Crippen LogP contribution < -0.4 is 5.32 Å². The molecule has 0 radical (unpaired) electrons. The monoisotopic (exact) mass is 242 g/mol. The van der Waals surface area contributed by atoms with Gasteiger partial charge in [0.05, 0.1) is 5.56 Å². The van der Waals surface area contributed by atoms with Crippen LogP contribution in [0.1, 0.15) is 24.2 Å². The zero-order valence-corrected chi connectivity index (χ0v) is 9.13. The van der Waals surface area contributed by atoms with E-state index in [1.165, 1.54) is 0 Å². The molecule has 1 aromatic heterocycles. The van der Waals surface area contributed by atoms with Crippen LogP contribution in [0.15, 0.2) is 22.9 Å². The maximum atomic E-state index is 11.5. The molecule has 0 spiro atoms. The van der Waals surface area contributed by atoms with Gasteiger partial charge in [0.25, 0.3) is 5.91 Å². The summed E-state index contributed by atoms with van der Waals surface area (Å²) in [7, 11) is 0. The first-order valence-electron chi connectivity index (χ1n) is 4.02. The van der Waals surface area contributed by atoms with Crippen molar-refractivity contribution in [2.45, 2.75) is 19.9 Å². The molecule has 0 bridgehead atoms. The molecule has 1 heterocycles. The fraction of sp³-hybridized carbons (Fsp3) is 0.333. The Morgan fingerprint density at radius 2 is 2.31 bits per heavy atom. The average Bonchev–Trinajstić information content (AvgIpc) is 2.03. The second-order valence-electron chi connectivity index (χ2n) is 2.97. The van der Waals surface area contributed by atoms with Crippen molar-refractivity contribution < 1.29 is 4.79 Å². The number of hydrogen-bond donors (Lipinski definition) is 1. The Kier molecular flexibility index (Phi) is 3.42. The number of rotatable bonds is 2. The van der Waals surface area contributed by atoms with Crippen LogP contribution in [0.2, 0.25) is 0 Å². The van der Waals surface area contributed by atoms with Crippen molar-refractivity contribution in [1.29, 1.82) is 0 Å². The molecule has 0 saturated heterocycles. The Morgan fingerprint density at radius 1 is 1.62 bits per heavy atom. The Labute approximate surface area is 85.7 Å². The summed E-state index contributed by atoms with van der Waals surface area (Å²) >= 11 is 3.21. The Balaban J connectivity index is 2.83. The molecule has 1 amide bonds. The molecule has 0 aliphatic heterocycles. The summed E-state index contributed by atoms with van der Waals surface area (Å²) in [5, 5.41) is 2.79. The fourth-order valence-corrected chi connectivity index (χ4v) is 1.33. The van der Waals surface area contributed by atoms with E-state index in [-0.39, 0.29) is 11.9 Å². The maximum Gasteiger partial charge on any atom is 0.254 e. The smallest absolute Gasteiger partial charge is 0.254 e. The largest absolute Gasteiger partial charge is 0.350 e. The number of nitrogens with zero attached hydrogens (tertiary/aromatic N) is 1. The normalized spacial score (nSPS) is 10.2. The molecule has 1 aromatic rings. The minimum Gasteiger partial charge on any atom is -0.350 e.